The Morgan fingerprint density at radius 3 is 2.95 bits per heavy atom. The van der Waals surface area contributed by atoms with Crippen molar-refractivity contribution in [2.24, 2.45) is 5.73 Å². The summed E-state index contributed by atoms with van der Waals surface area (Å²) in [5.74, 6) is 1.02. The normalized spacial score (nSPS) is 12.1. The highest BCUT2D eigenvalue weighted by atomic mass is 32.2. The first-order valence-electron chi connectivity index (χ1n) is 6.12. The molecule has 0 radical (unpaired) electrons. The van der Waals surface area contributed by atoms with E-state index in [1.54, 1.807) is 6.92 Å². The van der Waals surface area contributed by atoms with Crippen LogP contribution in [0.3, 0.4) is 0 Å². The molecule has 0 saturated carbocycles. The van der Waals surface area contributed by atoms with Crippen molar-refractivity contribution >= 4 is 17.7 Å². The molecule has 0 unspecified atom stereocenters. The van der Waals surface area contributed by atoms with Gasteiger partial charge in [0.1, 0.15) is 12.4 Å². The molecule has 6 nitrogen and oxygen atoms in total. The first kappa shape index (κ1) is 14.4. The molecule has 0 aliphatic carbocycles. The van der Waals surface area contributed by atoms with Crippen molar-refractivity contribution < 1.29 is 9.53 Å². The summed E-state index contributed by atoms with van der Waals surface area (Å²) in [5, 5.41) is 6.91. The molecule has 1 heterocycles. The summed E-state index contributed by atoms with van der Waals surface area (Å²) in [6.45, 7) is 3.99. The van der Waals surface area contributed by atoms with Crippen molar-refractivity contribution in [1.82, 2.24) is 15.2 Å². The van der Waals surface area contributed by atoms with Crippen LogP contribution < -0.4 is 10.5 Å². The van der Waals surface area contributed by atoms with Gasteiger partial charge in [-0.05, 0) is 25.5 Å². The van der Waals surface area contributed by atoms with Crippen molar-refractivity contribution in [3.63, 3.8) is 0 Å². The van der Waals surface area contributed by atoms with E-state index in [1.807, 2.05) is 31.2 Å². The summed E-state index contributed by atoms with van der Waals surface area (Å²) in [6.07, 6.45) is 0. The van der Waals surface area contributed by atoms with Crippen LogP contribution in [0.25, 0.3) is 0 Å². The maximum absolute atomic E-state index is 11.0. The number of thioether (sulfide) groups is 1. The number of benzene rings is 1. The van der Waals surface area contributed by atoms with Gasteiger partial charge in [0, 0.05) is 0 Å². The fourth-order valence-electron chi connectivity index (χ4n) is 1.48. The second-order valence-electron chi connectivity index (χ2n) is 4.28. The number of aromatic amines is 1. The minimum atomic E-state index is -0.391. The zero-order chi connectivity index (χ0) is 14.5. The van der Waals surface area contributed by atoms with E-state index < -0.39 is 5.91 Å². The second-order valence-corrected chi connectivity index (χ2v) is 5.59. The molecule has 1 aromatic heterocycles. The van der Waals surface area contributed by atoms with Crippen LogP contribution in [0, 0.1) is 6.92 Å². The van der Waals surface area contributed by atoms with E-state index in [4.69, 9.17) is 10.5 Å². The maximum Gasteiger partial charge on any atom is 0.230 e. The van der Waals surface area contributed by atoms with Gasteiger partial charge in [-0.15, -0.1) is 5.10 Å². The Labute approximate surface area is 121 Å². The van der Waals surface area contributed by atoms with Crippen molar-refractivity contribution in [2.45, 2.75) is 30.9 Å². The number of ether oxygens (including phenoxy) is 1. The number of H-pyrrole nitrogens is 1. The quantitative estimate of drug-likeness (QED) is 0.790. The van der Waals surface area contributed by atoms with Gasteiger partial charge in [-0.3, -0.25) is 9.89 Å². The van der Waals surface area contributed by atoms with Gasteiger partial charge >= 0.3 is 0 Å². The molecule has 0 aliphatic heterocycles. The average Bonchev–Trinajstić information content (AvgIpc) is 2.85. The zero-order valence-electron chi connectivity index (χ0n) is 11.3. The number of nitrogens with two attached hydrogens (primary N) is 1. The highest BCUT2D eigenvalue weighted by Crippen LogP contribution is 2.20. The number of aromatic nitrogens is 3. The van der Waals surface area contributed by atoms with Crippen molar-refractivity contribution in [2.75, 3.05) is 0 Å². The van der Waals surface area contributed by atoms with Crippen LogP contribution in [-0.4, -0.2) is 26.3 Å². The van der Waals surface area contributed by atoms with Crippen LogP contribution >= 0.6 is 11.8 Å². The summed E-state index contributed by atoms with van der Waals surface area (Å²) < 4.78 is 5.65. The van der Waals surface area contributed by atoms with Gasteiger partial charge in [0.05, 0.1) is 5.25 Å². The van der Waals surface area contributed by atoms with E-state index in [9.17, 15) is 4.79 Å². The summed E-state index contributed by atoms with van der Waals surface area (Å²) in [5.41, 5.74) is 6.25. The minimum Gasteiger partial charge on any atom is -0.485 e. The number of carbonyl (C=O) groups is 1. The first-order valence-corrected chi connectivity index (χ1v) is 7.00. The van der Waals surface area contributed by atoms with E-state index in [0.29, 0.717) is 17.6 Å². The lowest BCUT2D eigenvalue weighted by Crippen LogP contribution is -2.22. The number of rotatable bonds is 6. The Morgan fingerprint density at radius 2 is 2.25 bits per heavy atom. The molecule has 0 aliphatic rings. The smallest absolute Gasteiger partial charge is 0.230 e. The number of nitrogens with one attached hydrogen (secondary N) is 1. The van der Waals surface area contributed by atoms with E-state index >= 15 is 0 Å². The zero-order valence-corrected chi connectivity index (χ0v) is 12.1. The number of carbonyl (C=O) groups excluding carboxylic acids is 1. The molecule has 2 rings (SSSR count). The number of aryl methyl sites for hydroxylation is 1. The summed E-state index contributed by atoms with van der Waals surface area (Å²) >= 11 is 1.21. The van der Waals surface area contributed by atoms with Crippen LogP contribution in [-0.2, 0) is 11.4 Å². The van der Waals surface area contributed by atoms with Gasteiger partial charge in [-0.1, -0.05) is 30.0 Å². The van der Waals surface area contributed by atoms with E-state index in [2.05, 4.69) is 15.2 Å². The van der Waals surface area contributed by atoms with Crippen molar-refractivity contribution in [1.29, 1.82) is 0 Å². The van der Waals surface area contributed by atoms with Gasteiger partial charge in [-0.25, -0.2) is 4.98 Å². The Kier molecular flexibility index (Phi) is 4.62. The fourth-order valence-corrected chi connectivity index (χ4v) is 2.17. The van der Waals surface area contributed by atoms with Crippen LogP contribution in [0.1, 0.15) is 18.3 Å². The molecule has 106 valence electrons. The molecule has 0 bridgehead atoms. The van der Waals surface area contributed by atoms with Crippen LogP contribution in [0.4, 0.5) is 0 Å². The number of para-hydroxylation sites is 1. The SMILES string of the molecule is Cc1ccccc1OCc1nc(S[C@H](C)C(N)=O)n[nH]1. The predicted octanol–water partition coefficient (Wildman–Crippen LogP) is 1.66. The number of hydrogen-bond acceptors (Lipinski definition) is 5. The topological polar surface area (TPSA) is 93.9 Å². The van der Waals surface area contributed by atoms with Crippen LogP contribution in [0.15, 0.2) is 29.4 Å². The second kappa shape index (κ2) is 6.42. The lowest BCUT2D eigenvalue weighted by molar-refractivity contribution is -0.117. The van der Waals surface area contributed by atoms with Crippen molar-refractivity contribution in [3.8, 4) is 5.75 Å². The number of nitrogens with zero attached hydrogens (tertiary/aromatic N) is 2. The third kappa shape index (κ3) is 3.74. The standard InChI is InChI=1S/C13H16N4O2S/c1-8-5-3-4-6-10(8)19-7-11-15-13(17-16-11)20-9(2)12(14)18/h3-6,9H,7H2,1-2H3,(H2,14,18)(H,15,16,17)/t9-/m1/s1. The van der Waals surface area contributed by atoms with Gasteiger partial charge in [0.25, 0.3) is 0 Å². The molecular formula is C13H16N4O2S. The molecule has 2 aromatic rings. The molecule has 1 amide bonds. The highest BCUT2D eigenvalue weighted by Gasteiger charge is 2.14. The van der Waals surface area contributed by atoms with Gasteiger partial charge in [-0.2, -0.15) is 0 Å². The van der Waals surface area contributed by atoms with Crippen LogP contribution in [0.2, 0.25) is 0 Å². The molecule has 1 aromatic carbocycles. The highest BCUT2D eigenvalue weighted by molar-refractivity contribution is 8.00. The molecule has 0 saturated heterocycles. The third-order valence-corrected chi connectivity index (χ3v) is 3.63. The van der Waals surface area contributed by atoms with Gasteiger partial charge in [0.2, 0.25) is 11.1 Å². The average molecular weight is 292 g/mol. The van der Waals surface area contributed by atoms with Gasteiger partial charge < -0.3 is 10.5 Å². The lowest BCUT2D eigenvalue weighted by Gasteiger charge is -2.06. The van der Waals surface area contributed by atoms with E-state index in [0.717, 1.165) is 11.3 Å². The fraction of sp³-hybridized carbons (Fsp3) is 0.308. The summed E-state index contributed by atoms with van der Waals surface area (Å²) in [7, 11) is 0. The molecular weight excluding hydrogens is 276 g/mol. The number of hydrogen-bond donors (Lipinski definition) is 2. The molecule has 7 heteroatoms. The Hall–Kier alpha value is -2.02. The van der Waals surface area contributed by atoms with E-state index in [-0.39, 0.29) is 5.25 Å². The number of amides is 1. The largest absolute Gasteiger partial charge is 0.485 e. The predicted molar refractivity (Wildman–Crippen MR) is 76.4 cm³/mol. The Morgan fingerprint density at radius 1 is 1.50 bits per heavy atom. The first-order chi connectivity index (χ1) is 9.56. The van der Waals surface area contributed by atoms with Crippen molar-refractivity contribution in [3.05, 3.63) is 35.7 Å². The Bertz CT molecular complexity index is 600. The summed E-state index contributed by atoms with van der Waals surface area (Å²) in [6, 6.07) is 7.75. The molecule has 3 N–H and O–H groups in total. The van der Waals surface area contributed by atoms with Crippen LogP contribution in [0.5, 0.6) is 5.75 Å². The van der Waals surface area contributed by atoms with E-state index in [1.165, 1.54) is 11.8 Å². The minimum absolute atomic E-state index is 0.295. The van der Waals surface area contributed by atoms with Gasteiger partial charge in [0.15, 0.2) is 5.82 Å². The summed E-state index contributed by atoms with van der Waals surface area (Å²) in [4.78, 5) is 15.2. The third-order valence-electron chi connectivity index (χ3n) is 2.65. The molecule has 0 fully saturated rings. The Balaban J connectivity index is 1.93. The lowest BCUT2D eigenvalue weighted by atomic mass is 10.2. The maximum atomic E-state index is 11.0. The monoisotopic (exact) mass is 292 g/mol. The molecule has 20 heavy (non-hydrogen) atoms. The molecule has 1 atom stereocenters. The molecule has 0 spiro atoms. The number of primary amides is 1.